The second kappa shape index (κ2) is 6.10. The summed E-state index contributed by atoms with van der Waals surface area (Å²) in [5.74, 6) is 1.99. The molecular weight excluding hydrogens is 308 g/mol. The Hall–Kier alpha value is -1.50. The van der Waals surface area contributed by atoms with Gasteiger partial charge in [-0.15, -0.1) is 5.10 Å². The monoisotopic (exact) mass is 324 g/mol. The van der Waals surface area contributed by atoms with Gasteiger partial charge in [0.25, 0.3) is 0 Å². The fourth-order valence-electron chi connectivity index (χ4n) is 1.60. The van der Waals surface area contributed by atoms with Crippen molar-refractivity contribution in [1.82, 2.24) is 25.0 Å². The first-order valence-corrected chi connectivity index (χ1v) is 6.99. The van der Waals surface area contributed by atoms with Gasteiger partial charge in [0.2, 0.25) is 0 Å². The van der Waals surface area contributed by atoms with Crippen LogP contribution in [0.3, 0.4) is 0 Å². The predicted molar refractivity (Wildman–Crippen MR) is 77.1 cm³/mol. The van der Waals surface area contributed by atoms with E-state index in [0.29, 0.717) is 5.92 Å². The van der Waals surface area contributed by atoms with Crippen molar-refractivity contribution in [3.05, 3.63) is 28.4 Å². The molecule has 0 aromatic carbocycles. The minimum absolute atomic E-state index is 0.308. The van der Waals surface area contributed by atoms with Crippen molar-refractivity contribution in [3.63, 3.8) is 0 Å². The Kier molecular flexibility index (Phi) is 4.47. The highest BCUT2D eigenvalue weighted by molar-refractivity contribution is 9.10. The number of rotatable bonds is 5. The molecule has 7 heteroatoms. The van der Waals surface area contributed by atoms with Crippen molar-refractivity contribution in [2.75, 3.05) is 11.9 Å². The highest BCUT2D eigenvalue weighted by Crippen LogP contribution is 2.24. The molecule has 0 saturated carbocycles. The number of nitrogens with one attached hydrogen (secondary N) is 1. The lowest BCUT2D eigenvalue weighted by atomic mass is 10.2. The Bertz CT molecular complexity index is 537. The van der Waals surface area contributed by atoms with Crippen molar-refractivity contribution < 1.29 is 0 Å². The molecule has 0 spiro atoms. The summed E-state index contributed by atoms with van der Waals surface area (Å²) in [6.45, 7) is 7.62. The molecule has 0 saturated heterocycles. The summed E-state index contributed by atoms with van der Waals surface area (Å²) in [6, 6.07) is 0. The summed E-state index contributed by atoms with van der Waals surface area (Å²) in [4.78, 5) is 9.00. The van der Waals surface area contributed by atoms with Gasteiger partial charge in [-0.3, -0.25) is 4.68 Å². The predicted octanol–water partition coefficient (Wildman–Crippen LogP) is 2.37. The molecule has 1 N–H and O–H groups in total. The van der Waals surface area contributed by atoms with Gasteiger partial charge in [0.15, 0.2) is 0 Å². The smallest absolute Gasteiger partial charge is 0.144 e. The maximum Gasteiger partial charge on any atom is 0.144 e. The van der Waals surface area contributed by atoms with E-state index in [1.165, 1.54) is 0 Å². The number of hydrogen-bond acceptors (Lipinski definition) is 5. The maximum atomic E-state index is 4.54. The van der Waals surface area contributed by atoms with Crippen LogP contribution in [0.25, 0.3) is 0 Å². The highest BCUT2D eigenvalue weighted by atomic mass is 79.9. The Morgan fingerprint density at radius 1 is 1.37 bits per heavy atom. The van der Waals surface area contributed by atoms with Crippen molar-refractivity contribution in [2.45, 2.75) is 33.2 Å². The van der Waals surface area contributed by atoms with Crippen LogP contribution in [0.1, 0.15) is 31.3 Å². The van der Waals surface area contributed by atoms with E-state index in [2.05, 4.69) is 55.4 Å². The first kappa shape index (κ1) is 13.9. The number of aromatic nitrogens is 5. The molecule has 19 heavy (non-hydrogen) atoms. The molecular formula is C12H17BrN6. The summed E-state index contributed by atoms with van der Waals surface area (Å²) < 4.78 is 2.69. The molecule has 2 aromatic rings. The van der Waals surface area contributed by atoms with Gasteiger partial charge >= 0.3 is 0 Å². The van der Waals surface area contributed by atoms with Gasteiger partial charge < -0.3 is 5.32 Å². The first-order chi connectivity index (χ1) is 9.08. The molecule has 0 aliphatic heterocycles. The molecule has 0 unspecified atom stereocenters. The average molecular weight is 325 g/mol. The van der Waals surface area contributed by atoms with Crippen LogP contribution < -0.4 is 5.32 Å². The van der Waals surface area contributed by atoms with Crippen molar-refractivity contribution in [3.8, 4) is 0 Å². The lowest BCUT2D eigenvalue weighted by molar-refractivity contribution is 0.607. The summed E-state index contributed by atoms with van der Waals surface area (Å²) in [7, 11) is 0. The molecule has 0 atom stereocenters. The third kappa shape index (κ3) is 3.50. The van der Waals surface area contributed by atoms with E-state index in [1.807, 2.05) is 13.1 Å². The van der Waals surface area contributed by atoms with Crippen LogP contribution in [0, 0.1) is 6.92 Å². The fourth-order valence-corrected chi connectivity index (χ4v) is 1.91. The zero-order valence-corrected chi connectivity index (χ0v) is 12.8. The Labute approximate surface area is 120 Å². The van der Waals surface area contributed by atoms with Crippen LogP contribution in [0.2, 0.25) is 0 Å². The van der Waals surface area contributed by atoms with Gasteiger partial charge in [0, 0.05) is 18.7 Å². The molecule has 2 heterocycles. The Morgan fingerprint density at radius 3 is 2.79 bits per heavy atom. The van der Waals surface area contributed by atoms with Crippen molar-refractivity contribution >= 4 is 21.7 Å². The largest absolute Gasteiger partial charge is 0.367 e. The van der Waals surface area contributed by atoms with E-state index in [9.17, 15) is 0 Å². The third-order valence-corrected chi connectivity index (χ3v) is 3.61. The molecule has 0 aliphatic rings. The van der Waals surface area contributed by atoms with E-state index in [4.69, 9.17) is 0 Å². The topological polar surface area (TPSA) is 68.5 Å². The second-order valence-corrected chi connectivity index (χ2v) is 5.37. The third-order valence-electron chi connectivity index (χ3n) is 2.66. The molecule has 102 valence electrons. The van der Waals surface area contributed by atoms with Gasteiger partial charge in [0.05, 0.1) is 22.9 Å². The highest BCUT2D eigenvalue weighted by Gasteiger charge is 2.11. The molecule has 0 fully saturated rings. The number of halogens is 1. The number of aryl methyl sites for hydroxylation is 1. The number of anilines is 1. The van der Waals surface area contributed by atoms with Gasteiger partial charge in [-0.25, -0.2) is 9.97 Å². The summed E-state index contributed by atoms with van der Waals surface area (Å²) in [5, 5.41) is 11.0. The Morgan fingerprint density at radius 2 is 2.16 bits per heavy atom. The molecule has 0 bridgehead atoms. The van der Waals surface area contributed by atoms with E-state index < -0.39 is 0 Å². The van der Waals surface area contributed by atoms with Gasteiger partial charge in [0.1, 0.15) is 11.6 Å². The number of nitrogens with zero attached hydrogens (tertiary/aromatic N) is 5. The normalized spacial score (nSPS) is 11.0. The van der Waals surface area contributed by atoms with Crippen molar-refractivity contribution in [2.24, 2.45) is 0 Å². The van der Waals surface area contributed by atoms with E-state index in [0.717, 1.165) is 34.9 Å². The standard InChI is InChI=1S/C12H17BrN6/c1-8(2)11-16-9(3)10(13)12(17-11)14-4-6-19-7-5-15-18-19/h5,7-8H,4,6H2,1-3H3,(H,14,16,17). The summed E-state index contributed by atoms with van der Waals surface area (Å²) in [5.41, 5.74) is 0.946. The first-order valence-electron chi connectivity index (χ1n) is 6.20. The van der Waals surface area contributed by atoms with E-state index >= 15 is 0 Å². The molecule has 2 aromatic heterocycles. The molecule has 0 aliphatic carbocycles. The SMILES string of the molecule is Cc1nc(C(C)C)nc(NCCn2ccnn2)c1Br. The molecule has 0 radical (unpaired) electrons. The zero-order chi connectivity index (χ0) is 13.8. The molecule has 6 nitrogen and oxygen atoms in total. The van der Waals surface area contributed by atoms with Crippen molar-refractivity contribution in [1.29, 1.82) is 0 Å². The van der Waals surface area contributed by atoms with Crippen LogP contribution >= 0.6 is 15.9 Å². The van der Waals surface area contributed by atoms with Crippen LogP contribution in [-0.2, 0) is 6.54 Å². The van der Waals surface area contributed by atoms with E-state index in [-0.39, 0.29) is 0 Å². The molecule has 2 rings (SSSR count). The van der Waals surface area contributed by atoms with Crippen LogP contribution in [0.5, 0.6) is 0 Å². The fraction of sp³-hybridized carbons (Fsp3) is 0.500. The van der Waals surface area contributed by atoms with Crippen LogP contribution in [0.15, 0.2) is 16.9 Å². The number of hydrogen-bond donors (Lipinski definition) is 1. The zero-order valence-electron chi connectivity index (χ0n) is 11.3. The van der Waals surface area contributed by atoms with Gasteiger partial charge in [-0.1, -0.05) is 19.1 Å². The summed E-state index contributed by atoms with van der Waals surface area (Å²) in [6.07, 6.45) is 3.50. The maximum absolute atomic E-state index is 4.54. The lowest BCUT2D eigenvalue weighted by Gasteiger charge is -2.12. The van der Waals surface area contributed by atoms with Gasteiger partial charge in [-0.2, -0.15) is 0 Å². The average Bonchev–Trinajstić information content (AvgIpc) is 2.87. The quantitative estimate of drug-likeness (QED) is 0.914. The second-order valence-electron chi connectivity index (χ2n) is 4.58. The van der Waals surface area contributed by atoms with Crippen LogP contribution in [-0.4, -0.2) is 31.5 Å². The minimum Gasteiger partial charge on any atom is -0.367 e. The summed E-state index contributed by atoms with van der Waals surface area (Å²) >= 11 is 3.52. The van der Waals surface area contributed by atoms with Crippen LogP contribution in [0.4, 0.5) is 5.82 Å². The van der Waals surface area contributed by atoms with E-state index in [1.54, 1.807) is 10.9 Å². The van der Waals surface area contributed by atoms with Gasteiger partial charge in [-0.05, 0) is 22.9 Å². The minimum atomic E-state index is 0.308. The Balaban J connectivity index is 2.06. The molecule has 0 amide bonds. The lowest BCUT2D eigenvalue weighted by Crippen LogP contribution is -2.14.